The smallest absolute Gasteiger partial charge is 0.217 e. The highest BCUT2D eigenvalue weighted by Crippen LogP contribution is 2.30. The van der Waals surface area contributed by atoms with Crippen molar-refractivity contribution in [3.05, 3.63) is 60.0 Å². The minimum atomic E-state index is -3.62. The summed E-state index contributed by atoms with van der Waals surface area (Å²) in [6, 6.07) is 8.42. The van der Waals surface area contributed by atoms with Gasteiger partial charge in [-0.3, -0.25) is 9.89 Å². The topological polar surface area (TPSA) is 109 Å². The van der Waals surface area contributed by atoms with Gasteiger partial charge in [0.2, 0.25) is 9.84 Å². The number of nitrogens with one attached hydrogen (secondary N) is 1. The number of thiazole rings is 1. The number of rotatable bonds is 8. The average molecular weight is 456 g/mol. The van der Waals surface area contributed by atoms with Gasteiger partial charge in [-0.05, 0) is 37.1 Å². The molecule has 4 aromatic rings. The normalized spacial score (nSPS) is 11.7. The molecule has 3 aromatic heterocycles. The molecule has 0 unspecified atom stereocenters. The van der Waals surface area contributed by atoms with Gasteiger partial charge in [0.1, 0.15) is 4.21 Å². The molecule has 31 heavy (non-hydrogen) atoms. The molecule has 0 bridgehead atoms. The highest BCUT2D eigenvalue weighted by Gasteiger charge is 2.21. The van der Waals surface area contributed by atoms with E-state index in [1.165, 1.54) is 12.4 Å². The number of aryl methyl sites for hydroxylation is 1. The molecule has 0 spiro atoms. The van der Waals surface area contributed by atoms with Gasteiger partial charge in [-0.1, -0.05) is 23.5 Å². The number of Topliss-reactive ketones (excluding diaryl/α,β-unsaturated/α-hetero) is 1. The third kappa shape index (κ3) is 4.35. The lowest BCUT2D eigenvalue weighted by Gasteiger charge is -2.11. The number of H-pyrrole nitrogens is 1. The summed E-state index contributed by atoms with van der Waals surface area (Å²) in [5.74, 6) is -0.0236. The fourth-order valence-electron chi connectivity index (χ4n) is 3.03. The quantitative estimate of drug-likeness (QED) is 0.405. The summed E-state index contributed by atoms with van der Waals surface area (Å²) in [5, 5.41) is 8.12. The fraction of sp³-hybridized carbons (Fsp3) is 0.238. The lowest BCUT2D eigenvalue weighted by atomic mass is 10.0. The fourth-order valence-corrected chi connectivity index (χ4v) is 5.57. The summed E-state index contributed by atoms with van der Waals surface area (Å²) in [6.07, 6.45) is 5.38. The second-order valence-electron chi connectivity index (χ2n) is 7.08. The van der Waals surface area contributed by atoms with Crippen LogP contribution >= 0.6 is 11.3 Å². The van der Waals surface area contributed by atoms with Crippen molar-refractivity contribution in [1.29, 1.82) is 0 Å². The van der Waals surface area contributed by atoms with Crippen molar-refractivity contribution in [3.8, 4) is 0 Å². The Kier molecular flexibility index (Phi) is 5.84. The number of pyridine rings is 1. The van der Waals surface area contributed by atoms with E-state index in [9.17, 15) is 13.2 Å². The standard InChI is InChI=1S/C21H21N5O3S2/c1-3-26(2)21-23-13-19(30-21)31(28,29)17-7-4-14(5-8-17)6-9-18(27)15-10-16-12-24-25-20(16)22-11-15/h4-5,7-8,10-13H,3,6,9H2,1-2H3,(H,22,24,25). The van der Waals surface area contributed by atoms with Crippen LogP contribution in [0.15, 0.2) is 58.0 Å². The highest BCUT2D eigenvalue weighted by molar-refractivity contribution is 7.93. The zero-order valence-electron chi connectivity index (χ0n) is 17.1. The van der Waals surface area contributed by atoms with Gasteiger partial charge in [0.05, 0.1) is 17.3 Å². The molecule has 0 aliphatic rings. The van der Waals surface area contributed by atoms with Crippen LogP contribution in [0.3, 0.4) is 0 Å². The second-order valence-corrected chi connectivity index (χ2v) is 10.3. The Balaban J connectivity index is 1.43. The van der Waals surface area contributed by atoms with E-state index < -0.39 is 9.84 Å². The predicted molar refractivity (Wildman–Crippen MR) is 119 cm³/mol. The van der Waals surface area contributed by atoms with E-state index in [0.717, 1.165) is 28.8 Å². The summed E-state index contributed by atoms with van der Waals surface area (Å²) in [6.45, 7) is 2.72. The number of aromatic nitrogens is 4. The first-order valence-corrected chi connectivity index (χ1v) is 12.0. The van der Waals surface area contributed by atoms with Crippen LogP contribution in [0.1, 0.15) is 29.3 Å². The van der Waals surface area contributed by atoms with Gasteiger partial charge < -0.3 is 4.90 Å². The zero-order chi connectivity index (χ0) is 22.0. The van der Waals surface area contributed by atoms with Gasteiger partial charge in [-0.2, -0.15) is 5.10 Å². The van der Waals surface area contributed by atoms with Crippen LogP contribution in [0.25, 0.3) is 11.0 Å². The zero-order valence-corrected chi connectivity index (χ0v) is 18.7. The molecule has 1 N–H and O–H groups in total. The molecular weight excluding hydrogens is 434 g/mol. The van der Waals surface area contributed by atoms with E-state index in [1.807, 2.05) is 18.9 Å². The predicted octanol–water partition coefficient (Wildman–Crippen LogP) is 3.52. The molecule has 0 saturated carbocycles. The number of ketones is 1. The summed E-state index contributed by atoms with van der Waals surface area (Å²) in [4.78, 5) is 23.0. The van der Waals surface area contributed by atoms with Crippen molar-refractivity contribution in [1.82, 2.24) is 20.2 Å². The number of aromatic amines is 1. The number of anilines is 1. The van der Waals surface area contributed by atoms with Crippen LogP contribution in [-0.4, -0.2) is 48.0 Å². The van der Waals surface area contributed by atoms with Crippen LogP contribution in [0.2, 0.25) is 0 Å². The van der Waals surface area contributed by atoms with Crippen LogP contribution < -0.4 is 4.90 Å². The average Bonchev–Trinajstić information content (AvgIpc) is 3.46. The van der Waals surface area contributed by atoms with Crippen molar-refractivity contribution < 1.29 is 13.2 Å². The van der Waals surface area contributed by atoms with Crippen molar-refractivity contribution in [2.75, 3.05) is 18.5 Å². The third-order valence-electron chi connectivity index (χ3n) is 5.03. The molecule has 0 aliphatic heterocycles. The monoisotopic (exact) mass is 455 g/mol. The number of nitrogens with zero attached hydrogens (tertiary/aromatic N) is 4. The second kappa shape index (κ2) is 8.56. The van der Waals surface area contributed by atoms with E-state index in [4.69, 9.17) is 0 Å². The van der Waals surface area contributed by atoms with E-state index >= 15 is 0 Å². The molecule has 160 valence electrons. The minimum Gasteiger partial charge on any atom is -0.351 e. The first kappa shape index (κ1) is 21.1. The minimum absolute atomic E-state index is 0.0236. The van der Waals surface area contributed by atoms with Gasteiger partial charge in [-0.15, -0.1) is 0 Å². The summed E-state index contributed by atoms with van der Waals surface area (Å²) < 4.78 is 26.0. The third-order valence-corrected chi connectivity index (χ3v) is 8.37. The molecule has 0 atom stereocenters. The van der Waals surface area contributed by atoms with Gasteiger partial charge in [0.15, 0.2) is 16.6 Å². The van der Waals surface area contributed by atoms with Crippen LogP contribution in [0.4, 0.5) is 5.13 Å². The molecule has 0 radical (unpaired) electrons. The number of sulfone groups is 1. The maximum absolute atomic E-state index is 12.9. The van der Waals surface area contributed by atoms with Crippen molar-refractivity contribution >= 4 is 43.1 Å². The van der Waals surface area contributed by atoms with Crippen LogP contribution in [-0.2, 0) is 16.3 Å². The number of hydrogen-bond donors (Lipinski definition) is 1. The Morgan fingerprint density at radius 3 is 2.65 bits per heavy atom. The van der Waals surface area contributed by atoms with E-state index in [-0.39, 0.29) is 14.9 Å². The van der Waals surface area contributed by atoms with Crippen molar-refractivity contribution in [2.45, 2.75) is 28.9 Å². The summed E-state index contributed by atoms with van der Waals surface area (Å²) in [7, 11) is -1.75. The lowest BCUT2D eigenvalue weighted by Crippen LogP contribution is -2.14. The molecule has 3 heterocycles. The molecular formula is C21H21N5O3S2. The maximum atomic E-state index is 12.9. The van der Waals surface area contributed by atoms with Gasteiger partial charge in [0, 0.05) is 37.2 Å². The Morgan fingerprint density at radius 2 is 1.90 bits per heavy atom. The Morgan fingerprint density at radius 1 is 1.13 bits per heavy atom. The molecule has 0 amide bonds. The van der Waals surface area contributed by atoms with E-state index in [1.54, 1.807) is 36.5 Å². The Bertz CT molecular complexity index is 1330. The molecule has 4 rings (SSSR count). The Hall–Kier alpha value is -3.11. The first-order valence-electron chi connectivity index (χ1n) is 9.72. The van der Waals surface area contributed by atoms with E-state index in [2.05, 4.69) is 20.2 Å². The lowest BCUT2D eigenvalue weighted by molar-refractivity contribution is 0.0982. The van der Waals surface area contributed by atoms with Crippen molar-refractivity contribution in [3.63, 3.8) is 0 Å². The molecule has 10 heteroatoms. The van der Waals surface area contributed by atoms with Crippen LogP contribution in [0.5, 0.6) is 0 Å². The van der Waals surface area contributed by atoms with Gasteiger partial charge >= 0.3 is 0 Å². The molecule has 0 fully saturated rings. The SMILES string of the molecule is CCN(C)c1ncc(S(=O)(=O)c2ccc(CCC(=O)c3cnc4[nH]ncc4c3)cc2)s1. The molecule has 0 aliphatic carbocycles. The van der Waals surface area contributed by atoms with Gasteiger partial charge in [0.25, 0.3) is 0 Å². The van der Waals surface area contributed by atoms with E-state index in [0.29, 0.717) is 29.2 Å². The number of fused-ring (bicyclic) bond motifs is 1. The number of benzene rings is 1. The summed E-state index contributed by atoms with van der Waals surface area (Å²) >= 11 is 1.15. The maximum Gasteiger partial charge on any atom is 0.217 e. The number of hydrogen-bond acceptors (Lipinski definition) is 8. The Labute approximate surface area is 183 Å². The number of carbonyl (C=O) groups excluding carboxylic acids is 1. The largest absolute Gasteiger partial charge is 0.351 e. The first-order chi connectivity index (χ1) is 14.9. The highest BCUT2D eigenvalue weighted by atomic mass is 32.2. The summed E-state index contributed by atoms with van der Waals surface area (Å²) in [5.41, 5.74) is 2.06. The molecule has 8 nitrogen and oxygen atoms in total. The van der Waals surface area contributed by atoms with Crippen molar-refractivity contribution in [2.24, 2.45) is 0 Å². The molecule has 0 saturated heterocycles. The molecule has 1 aromatic carbocycles. The van der Waals surface area contributed by atoms with Crippen LogP contribution in [0, 0.1) is 0 Å². The number of carbonyl (C=O) groups is 1. The van der Waals surface area contributed by atoms with Gasteiger partial charge in [-0.25, -0.2) is 18.4 Å².